The van der Waals surface area contributed by atoms with Crippen LogP contribution in [0.25, 0.3) is 0 Å². The Kier molecular flexibility index (Phi) is 10.2. The van der Waals surface area contributed by atoms with Crippen LogP contribution in [-0.2, 0) is 16.0 Å². The average Bonchev–Trinajstić information content (AvgIpc) is 2.72. The molecule has 1 saturated heterocycles. The van der Waals surface area contributed by atoms with Gasteiger partial charge >= 0.3 is 0 Å². The van der Waals surface area contributed by atoms with Gasteiger partial charge in [0, 0.05) is 39.8 Å². The molecule has 29 heavy (non-hydrogen) atoms. The summed E-state index contributed by atoms with van der Waals surface area (Å²) in [7, 11) is 1.66. The number of nitrogens with one attached hydrogen (secondary N) is 2. The van der Waals surface area contributed by atoms with Crippen molar-refractivity contribution in [2.75, 3.05) is 66.3 Å². The molecule has 3 N–H and O–H groups in total. The monoisotopic (exact) mass is 408 g/mol. The fourth-order valence-electron chi connectivity index (χ4n) is 3.02. The minimum atomic E-state index is -0.852. The molecule has 8 heteroatoms. The summed E-state index contributed by atoms with van der Waals surface area (Å²) in [6.45, 7) is 10.5. The molecule has 0 amide bonds. The van der Waals surface area contributed by atoms with Gasteiger partial charge in [-0.25, -0.2) is 4.99 Å². The highest BCUT2D eigenvalue weighted by Gasteiger charge is 2.25. The number of guanidine groups is 1. The van der Waals surface area contributed by atoms with Crippen molar-refractivity contribution < 1.29 is 19.3 Å². The Bertz CT molecular complexity index is 601. The topological polar surface area (TPSA) is 87.6 Å². The van der Waals surface area contributed by atoms with Crippen LogP contribution < -0.4 is 15.4 Å². The highest BCUT2D eigenvalue weighted by molar-refractivity contribution is 5.79. The van der Waals surface area contributed by atoms with Crippen LogP contribution in [0, 0.1) is 0 Å². The molecule has 0 aliphatic carbocycles. The molecule has 0 saturated carbocycles. The quantitative estimate of drug-likeness (QED) is 0.284. The van der Waals surface area contributed by atoms with Gasteiger partial charge in [-0.05, 0) is 31.5 Å². The van der Waals surface area contributed by atoms with Crippen molar-refractivity contribution in [2.45, 2.75) is 26.0 Å². The summed E-state index contributed by atoms with van der Waals surface area (Å²) in [6.07, 6.45) is 0. The number of hydrogen-bond donors (Lipinski definition) is 3. The van der Waals surface area contributed by atoms with Crippen molar-refractivity contribution in [1.29, 1.82) is 0 Å². The molecule has 1 aromatic carbocycles. The zero-order valence-electron chi connectivity index (χ0n) is 17.9. The van der Waals surface area contributed by atoms with Crippen LogP contribution in [0.5, 0.6) is 5.75 Å². The van der Waals surface area contributed by atoms with E-state index in [4.69, 9.17) is 14.2 Å². The highest BCUT2D eigenvalue weighted by Crippen LogP contribution is 2.13. The Hall–Kier alpha value is -1.87. The van der Waals surface area contributed by atoms with Crippen LogP contribution in [0.15, 0.2) is 29.3 Å². The molecule has 0 spiro atoms. The van der Waals surface area contributed by atoms with Gasteiger partial charge in [0.2, 0.25) is 0 Å². The van der Waals surface area contributed by atoms with Crippen LogP contribution >= 0.6 is 0 Å². The second-order valence-corrected chi connectivity index (χ2v) is 7.42. The summed E-state index contributed by atoms with van der Waals surface area (Å²) in [4.78, 5) is 6.86. The zero-order chi connectivity index (χ0) is 21.0. The van der Waals surface area contributed by atoms with Gasteiger partial charge in [0.1, 0.15) is 12.4 Å². The van der Waals surface area contributed by atoms with Crippen LogP contribution in [0.3, 0.4) is 0 Å². The maximum Gasteiger partial charge on any atom is 0.191 e. The van der Waals surface area contributed by atoms with Gasteiger partial charge in [-0.1, -0.05) is 12.1 Å². The average molecular weight is 409 g/mol. The Morgan fingerprint density at radius 1 is 1.21 bits per heavy atom. The van der Waals surface area contributed by atoms with Crippen LogP contribution in [0.1, 0.15) is 19.4 Å². The lowest BCUT2D eigenvalue weighted by Crippen LogP contribution is -2.52. The highest BCUT2D eigenvalue weighted by atomic mass is 16.5. The summed E-state index contributed by atoms with van der Waals surface area (Å²) >= 11 is 0. The summed E-state index contributed by atoms with van der Waals surface area (Å²) in [6, 6.07) is 7.88. The van der Waals surface area contributed by atoms with E-state index in [0.29, 0.717) is 38.8 Å². The number of aliphatic hydroxyl groups is 1. The van der Waals surface area contributed by atoms with E-state index in [1.807, 2.05) is 38.1 Å². The van der Waals surface area contributed by atoms with E-state index in [1.54, 1.807) is 7.11 Å². The molecule has 8 nitrogen and oxygen atoms in total. The normalized spacial score (nSPS) is 17.6. The van der Waals surface area contributed by atoms with Gasteiger partial charge in [0.15, 0.2) is 5.96 Å². The Morgan fingerprint density at radius 2 is 1.93 bits per heavy atom. The number of morpholine rings is 1. The maximum absolute atomic E-state index is 10.7. The number of β-amino-alcohol motifs (C(OH)–C–C–N with tert-alkyl or cyclic N) is 1. The first-order chi connectivity index (χ1) is 14.0. The molecular weight excluding hydrogens is 372 g/mol. The van der Waals surface area contributed by atoms with Crippen molar-refractivity contribution >= 4 is 5.96 Å². The van der Waals surface area contributed by atoms with Crippen LogP contribution in [0.2, 0.25) is 0 Å². The molecule has 1 unspecified atom stereocenters. The Labute approximate surface area is 174 Å². The summed E-state index contributed by atoms with van der Waals surface area (Å²) in [5.74, 6) is 1.51. The van der Waals surface area contributed by atoms with E-state index in [0.717, 1.165) is 44.2 Å². The smallest absolute Gasteiger partial charge is 0.191 e. The third kappa shape index (κ3) is 9.45. The van der Waals surface area contributed by atoms with E-state index in [2.05, 4.69) is 20.5 Å². The molecule has 0 bridgehead atoms. The zero-order valence-corrected chi connectivity index (χ0v) is 17.9. The predicted molar refractivity (Wildman–Crippen MR) is 115 cm³/mol. The van der Waals surface area contributed by atoms with Gasteiger partial charge in [0.25, 0.3) is 0 Å². The lowest BCUT2D eigenvalue weighted by molar-refractivity contribution is -0.0201. The molecule has 1 aliphatic heterocycles. The number of hydrogen-bond acceptors (Lipinski definition) is 6. The number of methoxy groups -OCH3 is 1. The molecule has 2 rings (SSSR count). The van der Waals surface area contributed by atoms with E-state index < -0.39 is 5.60 Å². The molecule has 1 aliphatic rings. The van der Waals surface area contributed by atoms with E-state index in [9.17, 15) is 5.11 Å². The number of nitrogens with zero attached hydrogens (tertiary/aromatic N) is 2. The number of ether oxygens (including phenoxy) is 3. The number of aliphatic imine (C=N–C) groups is 1. The SMILES string of the molecule is CCNC(=NCc1ccc(OCCOC)cc1)NCC(C)(O)CN1CCOCC1. The first kappa shape index (κ1) is 23.4. The molecule has 0 radical (unpaired) electrons. The van der Waals surface area contributed by atoms with Crippen molar-refractivity contribution in [3.63, 3.8) is 0 Å². The van der Waals surface area contributed by atoms with Crippen molar-refractivity contribution in [3.8, 4) is 5.75 Å². The second-order valence-electron chi connectivity index (χ2n) is 7.42. The molecule has 1 aromatic rings. The van der Waals surface area contributed by atoms with Gasteiger partial charge in [-0.3, -0.25) is 4.90 Å². The third-order valence-corrected chi connectivity index (χ3v) is 4.55. The lowest BCUT2D eigenvalue weighted by atomic mass is 10.1. The second kappa shape index (κ2) is 12.6. The maximum atomic E-state index is 10.7. The first-order valence-corrected chi connectivity index (χ1v) is 10.3. The standard InChI is InChI=1S/C21H36N4O4/c1-4-22-20(24-16-21(2,26)17-25-9-11-28-12-10-25)23-15-18-5-7-19(8-6-18)29-14-13-27-3/h5-8,26H,4,9-17H2,1-3H3,(H2,22,23,24). The minimum Gasteiger partial charge on any atom is -0.491 e. The fraction of sp³-hybridized carbons (Fsp3) is 0.667. The molecule has 1 fully saturated rings. The van der Waals surface area contributed by atoms with Crippen molar-refractivity contribution in [1.82, 2.24) is 15.5 Å². The van der Waals surface area contributed by atoms with Crippen LogP contribution in [-0.4, -0.2) is 87.8 Å². The molecule has 164 valence electrons. The van der Waals surface area contributed by atoms with Gasteiger partial charge < -0.3 is 30.0 Å². The fourth-order valence-corrected chi connectivity index (χ4v) is 3.02. The minimum absolute atomic E-state index is 0.419. The van der Waals surface area contributed by atoms with Gasteiger partial charge in [-0.2, -0.15) is 0 Å². The summed E-state index contributed by atoms with van der Waals surface area (Å²) < 4.78 is 15.9. The molecule has 1 heterocycles. The van der Waals surface area contributed by atoms with Crippen LogP contribution in [0.4, 0.5) is 0 Å². The third-order valence-electron chi connectivity index (χ3n) is 4.55. The molecule has 0 aromatic heterocycles. The van der Waals surface area contributed by atoms with E-state index >= 15 is 0 Å². The number of rotatable bonds is 11. The van der Waals surface area contributed by atoms with Crippen molar-refractivity contribution in [3.05, 3.63) is 29.8 Å². The summed E-state index contributed by atoms with van der Waals surface area (Å²) in [5, 5.41) is 17.2. The Balaban J connectivity index is 1.83. The van der Waals surface area contributed by atoms with Gasteiger partial charge in [0.05, 0.1) is 32.0 Å². The van der Waals surface area contributed by atoms with E-state index in [-0.39, 0.29) is 0 Å². The molecular formula is C21H36N4O4. The van der Waals surface area contributed by atoms with E-state index in [1.165, 1.54) is 0 Å². The van der Waals surface area contributed by atoms with Crippen molar-refractivity contribution in [2.24, 2.45) is 4.99 Å². The van der Waals surface area contributed by atoms with Gasteiger partial charge in [-0.15, -0.1) is 0 Å². The lowest BCUT2D eigenvalue weighted by Gasteiger charge is -2.34. The summed E-state index contributed by atoms with van der Waals surface area (Å²) in [5.41, 5.74) is 0.232. The number of benzene rings is 1. The predicted octanol–water partition coefficient (Wildman–Crippen LogP) is 0.850. The Morgan fingerprint density at radius 3 is 2.59 bits per heavy atom. The first-order valence-electron chi connectivity index (χ1n) is 10.3. The largest absolute Gasteiger partial charge is 0.491 e. The molecule has 1 atom stereocenters.